The largest absolute Gasteiger partial charge is 0.378 e. The highest BCUT2D eigenvalue weighted by molar-refractivity contribution is 5.98. The number of methoxy groups -OCH3 is 1. The molecule has 0 bridgehead atoms. The first kappa shape index (κ1) is 16.7. The Hall–Kier alpha value is -2.73. The van der Waals surface area contributed by atoms with Gasteiger partial charge in [0.2, 0.25) is 0 Å². The topological polar surface area (TPSA) is 59.7 Å². The Morgan fingerprint density at radius 2 is 2.12 bits per heavy atom. The summed E-state index contributed by atoms with van der Waals surface area (Å²) in [5, 5.41) is 4.41. The Bertz CT molecular complexity index is 907. The molecular formula is C20H22N4O2. The SMILES string of the molecule is COCc1cc(N2CCCC(C(=O)c3ccccc3)C2)n2nccc2n1. The molecule has 0 aliphatic carbocycles. The Balaban J connectivity index is 1.63. The molecule has 3 aromatic rings. The van der Waals surface area contributed by atoms with Crippen molar-refractivity contribution in [2.24, 2.45) is 5.92 Å². The van der Waals surface area contributed by atoms with E-state index in [0.717, 1.165) is 42.1 Å². The number of hydrogen-bond donors (Lipinski definition) is 0. The van der Waals surface area contributed by atoms with Crippen LogP contribution in [-0.2, 0) is 11.3 Å². The fraction of sp³-hybridized carbons (Fsp3) is 0.350. The van der Waals surface area contributed by atoms with Crippen LogP contribution < -0.4 is 4.90 Å². The van der Waals surface area contributed by atoms with Crippen LogP contribution in [0.15, 0.2) is 48.7 Å². The van der Waals surface area contributed by atoms with Crippen molar-refractivity contribution in [1.29, 1.82) is 0 Å². The molecule has 134 valence electrons. The van der Waals surface area contributed by atoms with E-state index < -0.39 is 0 Å². The van der Waals surface area contributed by atoms with Crippen LogP contribution in [0, 0.1) is 5.92 Å². The van der Waals surface area contributed by atoms with E-state index in [-0.39, 0.29) is 11.7 Å². The lowest BCUT2D eigenvalue weighted by atomic mass is 9.90. The fourth-order valence-corrected chi connectivity index (χ4v) is 3.63. The van der Waals surface area contributed by atoms with Crippen LogP contribution in [0.3, 0.4) is 0 Å². The number of anilines is 1. The van der Waals surface area contributed by atoms with E-state index in [9.17, 15) is 4.79 Å². The maximum atomic E-state index is 12.9. The summed E-state index contributed by atoms with van der Waals surface area (Å²) in [4.78, 5) is 19.7. The molecule has 6 heteroatoms. The van der Waals surface area contributed by atoms with E-state index in [4.69, 9.17) is 4.74 Å². The zero-order chi connectivity index (χ0) is 17.9. The number of carbonyl (C=O) groups excluding carboxylic acids is 1. The van der Waals surface area contributed by atoms with Crippen LogP contribution in [0.4, 0.5) is 5.82 Å². The van der Waals surface area contributed by atoms with Gasteiger partial charge >= 0.3 is 0 Å². The molecule has 0 amide bonds. The van der Waals surface area contributed by atoms with Crippen LogP contribution in [0.1, 0.15) is 28.9 Å². The summed E-state index contributed by atoms with van der Waals surface area (Å²) < 4.78 is 7.09. The van der Waals surface area contributed by atoms with Gasteiger partial charge in [-0.25, -0.2) is 4.98 Å². The van der Waals surface area contributed by atoms with Gasteiger partial charge in [0.15, 0.2) is 11.4 Å². The highest BCUT2D eigenvalue weighted by Crippen LogP contribution is 2.26. The Labute approximate surface area is 152 Å². The molecule has 1 saturated heterocycles. The van der Waals surface area contributed by atoms with Gasteiger partial charge in [-0.1, -0.05) is 30.3 Å². The molecule has 1 aliphatic heterocycles. The number of piperidine rings is 1. The molecule has 0 saturated carbocycles. The summed E-state index contributed by atoms with van der Waals surface area (Å²) >= 11 is 0. The van der Waals surface area contributed by atoms with Crippen molar-refractivity contribution >= 4 is 17.2 Å². The summed E-state index contributed by atoms with van der Waals surface area (Å²) in [6.07, 6.45) is 3.65. The van der Waals surface area contributed by atoms with E-state index in [0.29, 0.717) is 13.2 Å². The molecule has 1 atom stereocenters. The molecular weight excluding hydrogens is 328 g/mol. The number of ether oxygens (including phenoxy) is 1. The van der Waals surface area contributed by atoms with Gasteiger partial charge in [-0.2, -0.15) is 9.61 Å². The third-order valence-corrected chi connectivity index (χ3v) is 4.86. The summed E-state index contributed by atoms with van der Waals surface area (Å²) in [6.45, 7) is 2.05. The molecule has 1 aromatic carbocycles. The third-order valence-electron chi connectivity index (χ3n) is 4.86. The fourth-order valence-electron chi connectivity index (χ4n) is 3.63. The number of carbonyl (C=O) groups is 1. The highest BCUT2D eigenvalue weighted by atomic mass is 16.5. The van der Waals surface area contributed by atoms with Crippen molar-refractivity contribution in [3.63, 3.8) is 0 Å². The second-order valence-corrected chi connectivity index (χ2v) is 6.66. The number of fused-ring (bicyclic) bond motifs is 1. The molecule has 26 heavy (non-hydrogen) atoms. The first-order valence-electron chi connectivity index (χ1n) is 8.93. The second-order valence-electron chi connectivity index (χ2n) is 6.66. The molecule has 1 aliphatic rings. The van der Waals surface area contributed by atoms with Crippen LogP contribution in [0.25, 0.3) is 5.65 Å². The van der Waals surface area contributed by atoms with Crippen molar-refractivity contribution in [3.05, 3.63) is 59.9 Å². The zero-order valence-corrected chi connectivity index (χ0v) is 14.8. The van der Waals surface area contributed by atoms with Gasteiger partial charge in [0.25, 0.3) is 0 Å². The summed E-state index contributed by atoms with van der Waals surface area (Å²) in [5.41, 5.74) is 2.46. The van der Waals surface area contributed by atoms with Crippen LogP contribution in [0.2, 0.25) is 0 Å². The minimum Gasteiger partial charge on any atom is -0.378 e. The minimum atomic E-state index is -0.00389. The first-order valence-corrected chi connectivity index (χ1v) is 8.93. The second kappa shape index (κ2) is 7.25. The molecule has 0 N–H and O–H groups in total. The van der Waals surface area contributed by atoms with E-state index in [2.05, 4.69) is 15.0 Å². The number of Topliss-reactive ketones (excluding diaryl/α,β-unsaturated/α-hetero) is 1. The number of aromatic nitrogens is 3. The lowest BCUT2D eigenvalue weighted by Crippen LogP contribution is -2.40. The van der Waals surface area contributed by atoms with Gasteiger partial charge in [-0.3, -0.25) is 4.79 Å². The summed E-state index contributed by atoms with van der Waals surface area (Å²) in [5.74, 6) is 1.19. The molecule has 0 radical (unpaired) electrons. The Morgan fingerprint density at radius 3 is 2.92 bits per heavy atom. The van der Waals surface area contributed by atoms with Crippen molar-refractivity contribution in [3.8, 4) is 0 Å². The summed E-state index contributed by atoms with van der Waals surface area (Å²) in [7, 11) is 1.66. The van der Waals surface area contributed by atoms with Gasteiger partial charge in [0, 0.05) is 43.8 Å². The van der Waals surface area contributed by atoms with E-state index in [1.807, 2.05) is 47.0 Å². The molecule has 0 spiro atoms. The average Bonchev–Trinajstić information content (AvgIpc) is 3.16. The van der Waals surface area contributed by atoms with Crippen LogP contribution in [0.5, 0.6) is 0 Å². The number of benzene rings is 1. The van der Waals surface area contributed by atoms with E-state index in [1.165, 1.54) is 0 Å². The van der Waals surface area contributed by atoms with Crippen molar-refractivity contribution in [2.75, 3.05) is 25.1 Å². The van der Waals surface area contributed by atoms with Gasteiger partial charge < -0.3 is 9.64 Å². The van der Waals surface area contributed by atoms with E-state index >= 15 is 0 Å². The normalized spacial score (nSPS) is 17.6. The predicted octanol–water partition coefficient (Wildman–Crippen LogP) is 2.98. The molecule has 4 rings (SSSR count). The lowest BCUT2D eigenvalue weighted by Gasteiger charge is -2.33. The molecule has 1 fully saturated rings. The number of rotatable bonds is 5. The monoisotopic (exact) mass is 350 g/mol. The molecule has 1 unspecified atom stereocenters. The van der Waals surface area contributed by atoms with Crippen molar-refractivity contribution in [1.82, 2.24) is 14.6 Å². The smallest absolute Gasteiger partial charge is 0.167 e. The lowest BCUT2D eigenvalue weighted by molar-refractivity contribution is 0.0907. The van der Waals surface area contributed by atoms with Crippen molar-refractivity contribution < 1.29 is 9.53 Å². The summed E-state index contributed by atoms with van der Waals surface area (Å²) in [6, 6.07) is 13.5. The number of nitrogens with zero attached hydrogens (tertiary/aromatic N) is 4. The highest BCUT2D eigenvalue weighted by Gasteiger charge is 2.28. The Morgan fingerprint density at radius 1 is 1.27 bits per heavy atom. The maximum absolute atomic E-state index is 12.9. The minimum absolute atomic E-state index is 0.00389. The zero-order valence-electron chi connectivity index (χ0n) is 14.8. The molecule has 2 aromatic heterocycles. The first-order chi connectivity index (χ1) is 12.8. The van der Waals surface area contributed by atoms with Gasteiger partial charge in [0.05, 0.1) is 18.5 Å². The van der Waals surface area contributed by atoms with Gasteiger partial charge in [0.1, 0.15) is 5.82 Å². The Kier molecular flexibility index (Phi) is 4.67. The predicted molar refractivity (Wildman–Crippen MR) is 99.4 cm³/mol. The third kappa shape index (κ3) is 3.20. The van der Waals surface area contributed by atoms with E-state index in [1.54, 1.807) is 13.3 Å². The standard InChI is InChI=1S/C20H22N4O2/c1-26-14-17-12-19(24-18(22-17)9-10-21-24)23-11-5-8-16(13-23)20(25)15-6-3-2-4-7-15/h2-4,6-7,9-10,12,16H,5,8,11,13-14H2,1H3. The maximum Gasteiger partial charge on any atom is 0.167 e. The van der Waals surface area contributed by atoms with Crippen LogP contribution in [-0.4, -0.2) is 40.6 Å². The average molecular weight is 350 g/mol. The molecule has 6 nitrogen and oxygen atoms in total. The van der Waals surface area contributed by atoms with Crippen molar-refractivity contribution in [2.45, 2.75) is 19.4 Å². The number of hydrogen-bond acceptors (Lipinski definition) is 5. The van der Waals surface area contributed by atoms with Gasteiger partial charge in [-0.05, 0) is 12.8 Å². The molecule has 3 heterocycles. The quantitative estimate of drug-likeness (QED) is 0.662. The van der Waals surface area contributed by atoms with Crippen LogP contribution >= 0.6 is 0 Å². The number of ketones is 1. The van der Waals surface area contributed by atoms with Gasteiger partial charge in [-0.15, -0.1) is 0 Å².